The van der Waals surface area contributed by atoms with E-state index < -0.39 is 0 Å². The summed E-state index contributed by atoms with van der Waals surface area (Å²) in [5.74, 6) is 0.00375. The number of benzene rings is 1. The van der Waals surface area contributed by atoms with Crippen molar-refractivity contribution in [1.82, 2.24) is 15.1 Å². The maximum atomic E-state index is 12.3. The average molecular weight is 315 g/mol. The Kier molecular flexibility index (Phi) is 6.37. The number of likely N-dealkylation sites (N-methyl/N-ethyl adjacent to an activating group) is 2. The van der Waals surface area contributed by atoms with Gasteiger partial charge in [-0.3, -0.25) is 9.69 Å². The van der Waals surface area contributed by atoms with E-state index in [9.17, 15) is 4.79 Å². The molecule has 1 aliphatic heterocycles. The first kappa shape index (κ1) is 17.7. The molecule has 1 amide bonds. The zero-order valence-corrected chi connectivity index (χ0v) is 14.8. The first-order valence-electron chi connectivity index (χ1n) is 8.43. The quantitative estimate of drug-likeness (QED) is 0.846. The van der Waals surface area contributed by atoms with E-state index in [0.717, 1.165) is 37.2 Å². The molecule has 4 nitrogen and oxygen atoms in total. The third kappa shape index (κ3) is 5.19. The minimum atomic E-state index is 0.00375. The second-order valence-electron chi connectivity index (χ2n) is 6.53. The van der Waals surface area contributed by atoms with Gasteiger partial charge in [-0.1, -0.05) is 36.8 Å². The Morgan fingerprint density at radius 3 is 2.61 bits per heavy atom. The predicted octanol–water partition coefficient (Wildman–Crippen LogP) is 2.15. The maximum absolute atomic E-state index is 12.3. The standard InChI is InChI=1S/C19H29N3O/c1-5-16(17-8-6-15(2)7-9-17)12-19(23)20-13-18-14-21(3)10-11-22(18)4/h6-9,12,18H,5,10-11,13-14H2,1-4H3,(H,20,23)/b16-12-/t18-/m0/s1. The van der Waals surface area contributed by atoms with Gasteiger partial charge in [0.25, 0.3) is 0 Å². The highest BCUT2D eigenvalue weighted by molar-refractivity contribution is 5.95. The number of carbonyl (C=O) groups is 1. The molecule has 1 aromatic rings. The SMILES string of the molecule is CC/C(=C/C(=O)NC[C@H]1CN(C)CCN1C)c1ccc(C)cc1. The molecule has 4 heteroatoms. The molecule has 0 unspecified atom stereocenters. The highest BCUT2D eigenvalue weighted by Gasteiger charge is 2.22. The van der Waals surface area contributed by atoms with Gasteiger partial charge in [-0.25, -0.2) is 0 Å². The molecule has 0 aromatic heterocycles. The summed E-state index contributed by atoms with van der Waals surface area (Å²) in [5.41, 5.74) is 3.44. The van der Waals surface area contributed by atoms with Crippen LogP contribution >= 0.6 is 0 Å². The van der Waals surface area contributed by atoms with Crippen LogP contribution in [0.4, 0.5) is 0 Å². The Morgan fingerprint density at radius 1 is 1.26 bits per heavy atom. The minimum absolute atomic E-state index is 0.00375. The lowest BCUT2D eigenvalue weighted by Crippen LogP contribution is -2.54. The number of amides is 1. The Hall–Kier alpha value is -1.65. The first-order valence-corrected chi connectivity index (χ1v) is 8.43. The van der Waals surface area contributed by atoms with Crippen molar-refractivity contribution in [3.8, 4) is 0 Å². The molecule has 1 aromatic carbocycles. The van der Waals surface area contributed by atoms with Crippen molar-refractivity contribution in [3.05, 3.63) is 41.5 Å². The van der Waals surface area contributed by atoms with Crippen LogP contribution in [0.15, 0.2) is 30.3 Å². The summed E-state index contributed by atoms with van der Waals surface area (Å²) < 4.78 is 0. The van der Waals surface area contributed by atoms with Crippen molar-refractivity contribution in [3.63, 3.8) is 0 Å². The second-order valence-corrected chi connectivity index (χ2v) is 6.53. The average Bonchev–Trinajstić information content (AvgIpc) is 2.54. The van der Waals surface area contributed by atoms with Crippen LogP contribution in [0.5, 0.6) is 0 Å². The Bertz CT molecular complexity index is 550. The molecule has 126 valence electrons. The first-order chi connectivity index (χ1) is 11.0. The maximum Gasteiger partial charge on any atom is 0.244 e. The van der Waals surface area contributed by atoms with E-state index in [2.05, 4.69) is 67.3 Å². The minimum Gasteiger partial charge on any atom is -0.351 e. The Morgan fingerprint density at radius 2 is 1.96 bits per heavy atom. The monoisotopic (exact) mass is 315 g/mol. The summed E-state index contributed by atoms with van der Waals surface area (Å²) in [5, 5.41) is 3.07. The molecule has 1 N–H and O–H groups in total. The van der Waals surface area contributed by atoms with Gasteiger partial charge in [-0.2, -0.15) is 0 Å². The van der Waals surface area contributed by atoms with Crippen LogP contribution in [0.25, 0.3) is 5.57 Å². The van der Waals surface area contributed by atoms with Crippen molar-refractivity contribution in [2.45, 2.75) is 26.3 Å². The van der Waals surface area contributed by atoms with E-state index >= 15 is 0 Å². The molecule has 0 bridgehead atoms. The van der Waals surface area contributed by atoms with Crippen LogP contribution in [0, 0.1) is 6.92 Å². The fraction of sp³-hybridized carbons (Fsp3) is 0.526. The lowest BCUT2D eigenvalue weighted by Gasteiger charge is -2.37. The second kappa shape index (κ2) is 8.27. The summed E-state index contributed by atoms with van der Waals surface area (Å²) >= 11 is 0. The van der Waals surface area contributed by atoms with Gasteiger partial charge >= 0.3 is 0 Å². The van der Waals surface area contributed by atoms with Crippen molar-refractivity contribution in [1.29, 1.82) is 0 Å². The number of hydrogen-bond donors (Lipinski definition) is 1. The summed E-state index contributed by atoms with van der Waals surface area (Å²) in [6.07, 6.45) is 2.60. The van der Waals surface area contributed by atoms with E-state index in [1.807, 2.05) is 0 Å². The van der Waals surface area contributed by atoms with Gasteiger partial charge < -0.3 is 10.2 Å². The lowest BCUT2D eigenvalue weighted by molar-refractivity contribution is -0.116. The fourth-order valence-corrected chi connectivity index (χ4v) is 2.91. The molecule has 1 fully saturated rings. The summed E-state index contributed by atoms with van der Waals surface area (Å²) in [6, 6.07) is 8.73. The fourth-order valence-electron chi connectivity index (χ4n) is 2.91. The van der Waals surface area contributed by atoms with Crippen LogP contribution in [0.2, 0.25) is 0 Å². The third-order valence-corrected chi connectivity index (χ3v) is 4.60. The molecule has 23 heavy (non-hydrogen) atoms. The number of nitrogens with one attached hydrogen (secondary N) is 1. The third-order valence-electron chi connectivity index (χ3n) is 4.60. The van der Waals surface area contributed by atoms with E-state index in [0.29, 0.717) is 12.6 Å². The number of hydrogen-bond acceptors (Lipinski definition) is 3. The summed E-state index contributed by atoms with van der Waals surface area (Å²) in [7, 11) is 4.26. The Labute approximate surface area is 140 Å². The van der Waals surface area contributed by atoms with E-state index in [-0.39, 0.29) is 5.91 Å². The summed E-state index contributed by atoms with van der Waals surface area (Å²) in [4.78, 5) is 16.9. The van der Waals surface area contributed by atoms with Crippen LogP contribution in [0.3, 0.4) is 0 Å². The van der Waals surface area contributed by atoms with E-state index in [1.54, 1.807) is 6.08 Å². The number of carbonyl (C=O) groups excluding carboxylic acids is 1. The summed E-state index contributed by atoms with van der Waals surface area (Å²) in [6.45, 7) is 8.00. The van der Waals surface area contributed by atoms with Gasteiger partial charge in [0, 0.05) is 38.3 Å². The van der Waals surface area contributed by atoms with Crippen LogP contribution in [-0.2, 0) is 4.79 Å². The molecule has 0 aliphatic carbocycles. The molecule has 0 spiro atoms. The number of nitrogens with zero attached hydrogens (tertiary/aromatic N) is 2. The lowest BCUT2D eigenvalue weighted by atomic mass is 10.0. The van der Waals surface area contributed by atoms with Crippen LogP contribution in [0.1, 0.15) is 24.5 Å². The van der Waals surface area contributed by atoms with E-state index in [1.165, 1.54) is 5.56 Å². The molecule has 1 aliphatic rings. The normalized spacial score (nSPS) is 20.5. The van der Waals surface area contributed by atoms with Crippen molar-refractivity contribution < 1.29 is 4.79 Å². The molecule has 0 saturated carbocycles. The molecule has 0 radical (unpaired) electrons. The van der Waals surface area contributed by atoms with Crippen molar-refractivity contribution in [2.75, 3.05) is 40.3 Å². The van der Waals surface area contributed by atoms with Crippen molar-refractivity contribution in [2.24, 2.45) is 0 Å². The largest absolute Gasteiger partial charge is 0.351 e. The molecule has 2 rings (SSSR count). The van der Waals surface area contributed by atoms with Gasteiger partial charge in [0.05, 0.1) is 0 Å². The highest BCUT2D eigenvalue weighted by Crippen LogP contribution is 2.18. The molecule has 1 atom stereocenters. The van der Waals surface area contributed by atoms with Gasteiger partial charge in [0.1, 0.15) is 0 Å². The zero-order chi connectivity index (χ0) is 16.8. The van der Waals surface area contributed by atoms with Crippen molar-refractivity contribution >= 4 is 11.5 Å². The van der Waals surface area contributed by atoms with Gasteiger partial charge in [0.15, 0.2) is 0 Å². The number of aryl methyl sites for hydroxylation is 1. The smallest absolute Gasteiger partial charge is 0.244 e. The predicted molar refractivity (Wildman–Crippen MR) is 96.4 cm³/mol. The molecule has 1 saturated heterocycles. The van der Waals surface area contributed by atoms with Gasteiger partial charge in [-0.15, -0.1) is 0 Å². The highest BCUT2D eigenvalue weighted by atomic mass is 16.1. The van der Waals surface area contributed by atoms with Crippen LogP contribution < -0.4 is 5.32 Å². The van der Waals surface area contributed by atoms with E-state index in [4.69, 9.17) is 0 Å². The topological polar surface area (TPSA) is 35.6 Å². The molecular weight excluding hydrogens is 286 g/mol. The molecular formula is C19H29N3O. The number of piperazine rings is 1. The van der Waals surface area contributed by atoms with Gasteiger partial charge in [-0.05, 0) is 38.6 Å². The number of allylic oxidation sites excluding steroid dienone is 1. The molecule has 1 heterocycles. The van der Waals surface area contributed by atoms with Gasteiger partial charge in [0.2, 0.25) is 5.91 Å². The number of rotatable bonds is 5. The Balaban J connectivity index is 1.94. The van der Waals surface area contributed by atoms with Crippen LogP contribution in [-0.4, -0.2) is 62.0 Å². The zero-order valence-electron chi connectivity index (χ0n) is 14.8.